The number of hydrogen-bond acceptors (Lipinski definition) is 9. The van der Waals surface area contributed by atoms with Gasteiger partial charge in [-0.15, -0.1) is 0 Å². The largest absolute Gasteiger partial charge is 0.506 e. The van der Waals surface area contributed by atoms with E-state index in [0.717, 1.165) is 67.9 Å². The summed E-state index contributed by atoms with van der Waals surface area (Å²) in [6.07, 6.45) is 7.83. The molecule has 2 aromatic heterocycles. The Morgan fingerprint density at radius 2 is 1.85 bits per heavy atom. The van der Waals surface area contributed by atoms with Crippen LogP contribution in [-0.2, 0) is 25.0 Å². The highest BCUT2D eigenvalue weighted by molar-refractivity contribution is 7.16. The molecule has 0 radical (unpaired) electrons. The van der Waals surface area contributed by atoms with Crippen molar-refractivity contribution < 1.29 is 19.7 Å². The van der Waals surface area contributed by atoms with E-state index in [1.54, 1.807) is 12.3 Å². The summed E-state index contributed by atoms with van der Waals surface area (Å²) in [5.74, 6) is 1.27. The monoisotopic (exact) mass is 656 g/mol. The molecule has 5 aromatic rings. The van der Waals surface area contributed by atoms with E-state index < -0.39 is 11.7 Å². The second kappa shape index (κ2) is 15.0. The van der Waals surface area contributed by atoms with Gasteiger partial charge in [0.05, 0.1) is 17.0 Å². The maximum atomic E-state index is 12.1. The van der Waals surface area contributed by atoms with Gasteiger partial charge in [-0.1, -0.05) is 91.3 Å². The van der Waals surface area contributed by atoms with Crippen LogP contribution in [0.4, 0.5) is 0 Å². The number of hydrogen-bond donors (Lipinski definition) is 5. The van der Waals surface area contributed by atoms with Crippen LogP contribution in [-0.4, -0.2) is 56.9 Å². The number of aromatic nitrogens is 2. The van der Waals surface area contributed by atoms with Gasteiger partial charge in [-0.25, -0.2) is 4.98 Å². The molecule has 5 N–H and O–H groups in total. The Labute approximate surface area is 278 Å². The third-order valence-corrected chi connectivity index (χ3v) is 10.3. The molecule has 1 unspecified atom stereocenters. The van der Waals surface area contributed by atoms with Gasteiger partial charge in [0.15, 0.2) is 5.60 Å². The van der Waals surface area contributed by atoms with E-state index in [4.69, 9.17) is 4.42 Å². The first-order chi connectivity index (χ1) is 22.8. The third-order valence-electron chi connectivity index (χ3n) is 9.35. The fraction of sp³-hybridized carbons (Fsp3) is 0.405. The molecular formula is C37H44N4O5S. The average molecular weight is 657 g/mol. The van der Waals surface area contributed by atoms with Crippen LogP contribution < -0.4 is 10.2 Å². The predicted octanol–water partition coefficient (Wildman–Crippen LogP) is 5.64. The lowest BCUT2D eigenvalue weighted by molar-refractivity contribution is -0.0239. The molecule has 1 aliphatic carbocycles. The first-order valence-electron chi connectivity index (χ1n) is 16.5. The number of benzene rings is 3. The molecule has 0 amide bonds. The van der Waals surface area contributed by atoms with Crippen LogP contribution in [0, 0.1) is 5.92 Å². The molecule has 248 valence electrons. The van der Waals surface area contributed by atoms with E-state index in [1.165, 1.54) is 23.6 Å². The number of aromatic hydroxyl groups is 1. The van der Waals surface area contributed by atoms with Gasteiger partial charge in [0.2, 0.25) is 5.89 Å². The highest BCUT2D eigenvalue weighted by Gasteiger charge is 2.44. The number of phenols is 1. The highest BCUT2D eigenvalue weighted by atomic mass is 32.1. The normalized spacial score (nSPS) is 16.1. The zero-order chi connectivity index (χ0) is 32.8. The number of phenolic OH excluding ortho intramolecular Hbond substituents is 1. The van der Waals surface area contributed by atoms with Crippen LogP contribution in [0.2, 0.25) is 0 Å². The quantitative estimate of drug-likeness (QED) is 0.0970. The number of aromatic amines is 1. The Kier molecular flexibility index (Phi) is 10.5. The molecule has 0 spiro atoms. The fourth-order valence-corrected chi connectivity index (χ4v) is 7.72. The molecule has 9 nitrogen and oxygen atoms in total. The minimum atomic E-state index is -1.22. The van der Waals surface area contributed by atoms with Gasteiger partial charge < -0.3 is 34.9 Å². The maximum Gasteiger partial charge on any atom is 0.305 e. The standard InChI is InChI=1S/C37H44N4O5S/c1-41(20-18-29-22-39-35(46-29)37(45,27-11-4-2-5-12-27)28-13-6-3-7-14-28)24-26-10-8-9-25(21-26)17-19-38-23-32(43)30-15-16-31(42)33-34(30)47-36(44)40-33/h2,4-5,8-12,15-16,21-22,28,32,38,42-43,45H,3,6-7,13-14,17-20,23-24H2,1H3,(H,40,44)/t32-,37?/m0/s1. The highest BCUT2D eigenvalue weighted by Crippen LogP contribution is 2.43. The molecule has 2 heterocycles. The Morgan fingerprint density at radius 1 is 1.06 bits per heavy atom. The molecule has 1 saturated carbocycles. The van der Waals surface area contributed by atoms with Crippen LogP contribution in [0.5, 0.6) is 5.75 Å². The van der Waals surface area contributed by atoms with Crippen molar-refractivity contribution in [1.82, 2.24) is 20.2 Å². The molecule has 0 bridgehead atoms. The lowest BCUT2D eigenvalue weighted by Gasteiger charge is -2.36. The third kappa shape index (κ3) is 7.69. The summed E-state index contributed by atoms with van der Waals surface area (Å²) in [5.41, 5.74) is 3.04. The van der Waals surface area contributed by atoms with E-state index in [1.807, 2.05) is 30.3 Å². The van der Waals surface area contributed by atoms with Gasteiger partial charge in [0, 0.05) is 37.5 Å². The number of thiazole rings is 1. The number of nitrogens with zero attached hydrogens (tertiary/aromatic N) is 2. The molecule has 10 heteroatoms. The summed E-state index contributed by atoms with van der Waals surface area (Å²) in [7, 11) is 2.09. The lowest BCUT2D eigenvalue weighted by atomic mass is 9.73. The number of fused-ring (bicyclic) bond motifs is 1. The van der Waals surface area contributed by atoms with Crippen LogP contribution in [0.25, 0.3) is 10.2 Å². The van der Waals surface area contributed by atoms with Crippen LogP contribution in [0.15, 0.2) is 82.1 Å². The van der Waals surface area contributed by atoms with E-state index in [0.29, 0.717) is 41.2 Å². The molecule has 2 atom stereocenters. The van der Waals surface area contributed by atoms with Gasteiger partial charge in [-0.3, -0.25) is 4.79 Å². The van der Waals surface area contributed by atoms with Gasteiger partial charge in [0.1, 0.15) is 17.0 Å². The van der Waals surface area contributed by atoms with Crippen LogP contribution >= 0.6 is 11.3 Å². The Hall–Kier alpha value is -3.80. The van der Waals surface area contributed by atoms with Crippen molar-refractivity contribution in [3.8, 4) is 5.75 Å². The van der Waals surface area contributed by atoms with E-state index in [9.17, 15) is 20.1 Å². The minimum absolute atomic E-state index is 0.00125. The Morgan fingerprint density at radius 3 is 2.66 bits per heavy atom. The number of aliphatic hydroxyl groups excluding tert-OH is 1. The van der Waals surface area contributed by atoms with Crippen molar-refractivity contribution in [3.05, 3.63) is 116 Å². The summed E-state index contributed by atoms with van der Waals surface area (Å²) in [6.45, 7) is 2.59. The maximum absolute atomic E-state index is 12.1. The van der Waals surface area contributed by atoms with Crippen LogP contribution in [0.1, 0.15) is 72.1 Å². The summed E-state index contributed by atoms with van der Waals surface area (Å²) >= 11 is 0.991. The van der Waals surface area contributed by atoms with Gasteiger partial charge in [-0.05, 0) is 55.6 Å². The zero-order valence-corrected chi connectivity index (χ0v) is 27.6. The molecule has 6 rings (SSSR count). The lowest BCUT2D eigenvalue weighted by Crippen LogP contribution is -2.38. The van der Waals surface area contributed by atoms with E-state index in [-0.39, 0.29) is 16.5 Å². The summed E-state index contributed by atoms with van der Waals surface area (Å²) in [6, 6.07) is 21.5. The van der Waals surface area contributed by atoms with Gasteiger partial charge in [-0.2, -0.15) is 0 Å². The number of rotatable bonds is 14. The van der Waals surface area contributed by atoms with Crippen molar-refractivity contribution in [1.29, 1.82) is 0 Å². The summed E-state index contributed by atoms with van der Waals surface area (Å²) in [5, 5.41) is 36.2. The summed E-state index contributed by atoms with van der Waals surface area (Å²) < 4.78 is 6.85. The molecule has 3 aromatic carbocycles. The van der Waals surface area contributed by atoms with Gasteiger partial charge in [0.25, 0.3) is 0 Å². The molecule has 1 aliphatic rings. The first kappa shape index (κ1) is 33.1. The van der Waals surface area contributed by atoms with E-state index >= 15 is 0 Å². The number of H-pyrrole nitrogens is 1. The smallest absolute Gasteiger partial charge is 0.305 e. The molecule has 1 fully saturated rings. The minimum Gasteiger partial charge on any atom is -0.506 e. The SMILES string of the molecule is CN(CCc1cnc(C(O)(c2ccccc2)C2CCCCC2)o1)Cc1cccc(CCNC[C@H](O)c2ccc(O)c3[nH]c(=O)sc23)c1. The average Bonchev–Trinajstić information content (AvgIpc) is 3.74. The molecule has 0 aliphatic heterocycles. The second-order valence-electron chi connectivity index (χ2n) is 12.8. The van der Waals surface area contributed by atoms with Crippen LogP contribution in [0.3, 0.4) is 0 Å². The molecular weight excluding hydrogens is 612 g/mol. The number of likely N-dealkylation sites (N-methyl/N-ethyl adjacent to an activating group) is 1. The Bertz CT molecular complexity index is 1810. The number of aliphatic hydroxyl groups is 2. The zero-order valence-electron chi connectivity index (χ0n) is 26.8. The van der Waals surface area contributed by atoms with Crippen molar-refractivity contribution >= 4 is 21.6 Å². The predicted molar refractivity (Wildman–Crippen MR) is 185 cm³/mol. The van der Waals surface area contributed by atoms with Crippen molar-refractivity contribution in [2.24, 2.45) is 5.92 Å². The first-order valence-corrected chi connectivity index (χ1v) is 17.4. The molecule has 47 heavy (non-hydrogen) atoms. The van der Waals surface area contributed by atoms with Crippen molar-refractivity contribution in [2.75, 3.05) is 26.7 Å². The number of oxazole rings is 1. The topological polar surface area (TPSA) is 135 Å². The molecule has 0 saturated heterocycles. The van der Waals surface area contributed by atoms with E-state index in [2.05, 4.69) is 51.5 Å². The van der Waals surface area contributed by atoms with Crippen molar-refractivity contribution in [3.63, 3.8) is 0 Å². The summed E-state index contributed by atoms with van der Waals surface area (Å²) in [4.78, 5) is 21.0. The van der Waals surface area contributed by atoms with Crippen molar-refractivity contribution in [2.45, 2.75) is 63.2 Å². The Balaban J connectivity index is 0.997. The van der Waals surface area contributed by atoms with Gasteiger partial charge >= 0.3 is 4.87 Å². The second-order valence-corrected chi connectivity index (χ2v) is 13.8. The number of nitrogens with one attached hydrogen (secondary N) is 2. The fourth-order valence-electron chi connectivity index (χ4n) is 6.80.